The minimum absolute atomic E-state index is 0.248. The lowest BCUT2D eigenvalue weighted by Gasteiger charge is -2.29. The normalized spacial score (nSPS) is 18.4. The van der Waals surface area contributed by atoms with Gasteiger partial charge in [0.15, 0.2) is 0 Å². The van der Waals surface area contributed by atoms with Crippen LogP contribution < -0.4 is 5.32 Å². The van der Waals surface area contributed by atoms with Gasteiger partial charge >= 0.3 is 0 Å². The maximum Gasteiger partial charge on any atom is 0.223 e. The highest BCUT2D eigenvalue weighted by molar-refractivity contribution is 5.76. The Kier molecular flexibility index (Phi) is 5.53. The first kappa shape index (κ1) is 15.0. The zero-order valence-corrected chi connectivity index (χ0v) is 12.5. The number of carbonyl (C=O) groups is 1. The van der Waals surface area contributed by atoms with Crippen molar-refractivity contribution < 1.29 is 4.79 Å². The smallest absolute Gasteiger partial charge is 0.223 e. The number of nitrogens with one attached hydrogen (secondary N) is 1. The highest BCUT2D eigenvalue weighted by atomic mass is 16.2. The lowest BCUT2D eigenvalue weighted by Crippen LogP contribution is -2.44. The van der Waals surface area contributed by atoms with Gasteiger partial charge in [0.2, 0.25) is 5.91 Å². The third-order valence-corrected chi connectivity index (χ3v) is 3.87. The Balaban J connectivity index is 1.86. The van der Waals surface area contributed by atoms with Crippen LogP contribution in [0, 0.1) is 0 Å². The molecule has 4 heteroatoms. The fraction of sp³-hybridized carbons (Fsp3) is 0.625. The van der Waals surface area contributed by atoms with Gasteiger partial charge in [0.1, 0.15) is 0 Å². The molecule has 1 aliphatic heterocycles. The van der Waals surface area contributed by atoms with E-state index in [0.717, 1.165) is 25.1 Å². The van der Waals surface area contributed by atoms with Crippen molar-refractivity contribution in [2.24, 2.45) is 0 Å². The molecule has 0 radical (unpaired) electrons. The van der Waals surface area contributed by atoms with Gasteiger partial charge in [-0.05, 0) is 51.3 Å². The Hall–Kier alpha value is -1.42. The van der Waals surface area contributed by atoms with Gasteiger partial charge in [-0.2, -0.15) is 0 Å². The SMILES string of the molecule is CC(C)N(CC1CCCN1)C(=O)CCc1cccnc1. The molecular weight excluding hydrogens is 250 g/mol. The van der Waals surface area contributed by atoms with Crippen molar-refractivity contribution in [3.63, 3.8) is 0 Å². The Bertz CT molecular complexity index is 413. The first-order chi connectivity index (χ1) is 9.66. The van der Waals surface area contributed by atoms with E-state index in [4.69, 9.17) is 0 Å². The molecule has 20 heavy (non-hydrogen) atoms. The molecule has 2 rings (SSSR count). The largest absolute Gasteiger partial charge is 0.339 e. The maximum absolute atomic E-state index is 12.4. The molecule has 1 saturated heterocycles. The monoisotopic (exact) mass is 275 g/mol. The van der Waals surface area contributed by atoms with Crippen molar-refractivity contribution in [1.82, 2.24) is 15.2 Å². The zero-order chi connectivity index (χ0) is 14.4. The van der Waals surface area contributed by atoms with E-state index in [1.54, 1.807) is 6.20 Å². The van der Waals surface area contributed by atoms with Crippen LogP contribution in [-0.4, -0.2) is 41.0 Å². The van der Waals surface area contributed by atoms with Crippen molar-refractivity contribution in [3.8, 4) is 0 Å². The molecule has 1 aromatic rings. The molecule has 110 valence electrons. The van der Waals surface area contributed by atoms with Crippen LogP contribution in [0.25, 0.3) is 0 Å². The predicted octanol–water partition coefficient (Wildman–Crippen LogP) is 2.00. The summed E-state index contributed by atoms with van der Waals surface area (Å²) in [5.41, 5.74) is 1.13. The summed E-state index contributed by atoms with van der Waals surface area (Å²) in [4.78, 5) is 18.5. The van der Waals surface area contributed by atoms with Gasteiger partial charge in [0.05, 0.1) is 0 Å². The highest BCUT2D eigenvalue weighted by Gasteiger charge is 2.23. The van der Waals surface area contributed by atoms with Crippen LogP contribution in [-0.2, 0) is 11.2 Å². The molecular formula is C16H25N3O. The number of aromatic nitrogens is 1. The fourth-order valence-corrected chi connectivity index (χ4v) is 2.69. The third-order valence-electron chi connectivity index (χ3n) is 3.87. The summed E-state index contributed by atoms with van der Waals surface area (Å²) in [6, 6.07) is 4.68. The number of amides is 1. The van der Waals surface area contributed by atoms with E-state index in [9.17, 15) is 4.79 Å². The number of pyridine rings is 1. The Morgan fingerprint density at radius 1 is 1.55 bits per heavy atom. The summed E-state index contributed by atoms with van der Waals surface area (Å²) in [7, 11) is 0. The van der Waals surface area contributed by atoms with Gasteiger partial charge in [-0.25, -0.2) is 0 Å². The van der Waals surface area contributed by atoms with Gasteiger partial charge < -0.3 is 10.2 Å². The number of hydrogen-bond donors (Lipinski definition) is 1. The molecule has 0 aliphatic carbocycles. The predicted molar refractivity (Wildman–Crippen MR) is 80.4 cm³/mol. The van der Waals surface area contributed by atoms with Crippen LogP contribution >= 0.6 is 0 Å². The van der Waals surface area contributed by atoms with E-state index in [1.165, 1.54) is 12.8 Å². The standard InChI is InChI=1S/C16H25N3O/c1-13(2)19(12-15-6-4-10-18-15)16(20)8-7-14-5-3-9-17-11-14/h3,5,9,11,13,15,18H,4,6-8,10,12H2,1-2H3. The molecule has 1 amide bonds. The third kappa shape index (κ3) is 4.30. The Labute approximate surface area is 121 Å². The average molecular weight is 275 g/mol. The van der Waals surface area contributed by atoms with Gasteiger partial charge in [0, 0.05) is 37.4 Å². The van der Waals surface area contributed by atoms with Crippen LogP contribution in [0.4, 0.5) is 0 Å². The zero-order valence-electron chi connectivity index (χ0n) is 12.5. The summed E-state index contributed by atoms with van der Waals surface area (Å²) in [6.07, 6.45) is 7.34. The molecule has 0 saturated carbocycles. The lowest BCUT2D eigenvalue weighted by molar-refractivity contribution is -0.133. The van der Waals surface area contributed by atoms with Crippen molar-refractivity contribution >= 4 is 5.91 Å². The van der Waals surface area contributed by atoms with Crippen LogP contribution in [0.15, 0.2) is 24.5 Å². The number of rotatable bonds is 6. The van der Waals surface area contributed by atoms with Crippen LogP contribution in [0.2, 0.25) is 0 Å². The molecule has 1 unspecified atom stereocenters. The average Bonchev–Trinajstić information content (AvgIpc) is 2.96. The highest BCUT2D eigenvalue weighted by Crippen LogP contribution is 2.12. The summed E-state index contributed by atoms with van der Waals surface area (Å²) in [6.45, 7) is 6.11. The summed E-state index contributed by atoms with van der Waals surface area (Å²) in [5.74, 6) is 0.248. The quantitative estimate of drug-likeness (QED) is 0.863. The maximum atomic E-state index is 12.4. The molecule has 1 fully saturated rings. The molecule has 1 aliphatic rings. The number of nitrogens with zero attached hydrogens (tertiary/aromatic N) is 2. The van der Waals surface area contributed by atoms with E-state index in [1.807, 2.05) is 23.2 Å². The first-order valence-corrected chi connectivity index (χ1v) is 7.58. The van der Waals surface area contributed by atoms with E-state index < -0.39 is 0 Å². The molecule has 1 N–H and O–H groups in total. The summed E-state index contributed by atoms with van der Waals surface area (Å²) in [5, 5.41) is 3.47. The first-order valence-electron chi connectivity index (χ1n) is 7.58. The fourth-order valence-electron chi connectivity index (χ4n) is 2.69. The van der Waals surface area contributed by atoms with Crippen molar-refractivity contribution in [2.45, 2.75) is 51.6 Å². The van der Waals surface area contributed by atoms with Gasteiger partial charge in [-0.1, -0.05) is 6.07 Å². The number of aryl methyl sites for hydroxylation is 1. The molecule has 0 aromatic carbocycles. The molecule has 0 spiro atoms. The molecule has 1 aromatic heterocycles. The molecule has 2 heterocycles. The summed E-state index contributed by atoms with van der Waals surface area (Å²) >= 11 is 0. The molecule has 4 nitrogen and oxygen atoms in total. The van der Waals surface area contributed by atoms with Gasteiger partial charge in [-0.15, -0.1) is 0 Å². The topological polar surface area (TPSA) is 45.2 Å². The van der Waals surface area contributed by atoms with Crippen molar-refractivity contribution in [2.75, 3.05) is 13.1 Å². The minimum Gasteiger partial charge on any atom is -0.339 e. The second kappa shape index (κ2) is 7.39. The van der Waals surface area contributed by atoms with E-state index in [0.29, 0.717) is 12.5 Å². The van der Waals surface area contributed by atoms with Crippen LogP contribution in [0.1, 0.15) is 38.7 Å². The molecule has 0 bridgehead atoms. The van der Waals surface area contributed by atoms with Gasteiger partial charge in [0.25, 0.3) is 0 Å². The van der Waals surface area contributed by atoms with E-state index >= 15 is 0 Å². The minimum atomic E-state index is 0.248. The van der Waals surface area contributed by atoms with E-state index in [2.05, 4.69) is 24.1 Å². The number of carbonyl (C=O) groups excluding carboxylic acids is 1. The second-order valence-electron chi connectivity index (χ2n) is 5.79. The molecule has 1 atom stereocenters. The van der Waals surface area contributed by atoms with Crippen LogP contribution in [0.3, 0.4) is 0 Å². The van der Waals surface area contributed by atoms with Gasteiger partial charge in [-0.3, -0.25) is 9.78 Å². The summed E-state index contributed by atoms with van der Waals surface area (Å²) < 4.78 is 0. The Morgan fingerprint density at radius 2 is 2.40 bits per heavy atom. The van der Waals surface area contributed by atoms with Crippen LogP contribution in [0.5, 0.6) is 0 Å². The van der Waals surface area contributed by atoms with Crippen molar-refractivity contribution in [1.29, 1.82) is 0 Å². The van der Waals surface area contributed by atoms with E-state index in [-0.39, 0.29) is 11.9 Å². The Morgan fingerprint density at radius 3 is 3.00 bits per heavy atom. The second-order valence-corrected chi connectivity index (χ2v) is 5.79. The van der Waals surface area contributed by atoms with Crippen molar-refractivity contribution in [3.05, 3.63) is 30.1 Å². The number of hydrogen-bond acceptors (Lipinski definition) is 3. The lowest BCUT2D eigenvalue weighted by atomic mass is 10.1.